The van der Waals surface area contributed by atoms with Gasteiger partial charge in [0.2, 0.25) is 11.8 Å². The van der Waals surface area contributed by atoms with Crippen molar-refractivity contribution in [3.63, 3.8) is 0 Å². The minimum atomic E-state index is -0.259. The maximum absolute atomic E-state index is 13.0. The van der Waals surface area contributed by atoms with Crippen LogP contribution in [-0.2, 0) is 5.41 Å². The largest absolute Gasteiger partial charge is 0.427 e. The summed E-state index contributed by atoms with van der Waals surface area (Å²) in [4.78, 5) is 21.0. The van der Waals surface area contributed by atoms with E-state index in [9.17, 15) is 4.79 Å². The number of anilines is 2. The maximum Gasteiger partial charge on any atom is 0.299 e. The molecule has 0 aliphatic carbocycles. The molecule has 1 saturated heterocycles. The summed E-state index contributed by atoms with van der Waals surface area (Å²) in [6.07, 6.45) is 0. The lowest BCUT2D eigenvalue weighted by Gasteiger charge is -2.33. The molecule has 164 valence electrons. The average molecular weight is 445 g/mol. The van der Waals surface area contributed by atoms with Crippen LogP contribution in [0.15, 0.2) is 27.0 Å². The Kier molecular flexibility index (Phi) is 5.38. The summed E-state index contributed by atoms with van der Waals surface area (Å²) >= 11 is 6.45. The van der Waals surface area contributed by atoms with Gasteiger partial charge in [0, 0.05) is 37.2 Å². The second kappa shape index (κ2) is 7.88. The smallest absolute Gasteiger partial charge is 0.299 e. The predicted octanol–water partition coefficient (Wildman–Crippen LogP) is 3.53. The van der Waals surface area contributed by atoms with Crippen LogP contribution >= 0.6 is 11.6 Å². The van der Waals surface area contributed by atoms with Gasteiger partial charge in [-0.1, -0.05) is 32.4 Å². The van der Waals surface area contributed by atoms with Crippen molar-refractivity contribution in [3.8, 4) is 11.5 Å². The van der Waals surface area contributed by atoms with Gasteiger partial charge in [-0.15, -0.1) is 10.2 Å². The molecule has 9 nitrogen and oxygen atoms in total. The molecule has 1 amide bonds. The third kappa shape index (κ3) is 4.23. The van der Waals surface area contributed by atoms with Crippen LogP contribution in [-0.4, -0.2) is 52.2 Å². The van der Waals surface area contributed by atoms with Gasteiger partial charge in [0.25, 0.3) is 11.9 Å². The lowest BCUT2D eigenvalue weighted by Crippen LogP contribution is -2.48. The molecular weight excluding hydrogens is 420 g/mol. The summed E-state index contributed by atoms with van der Waals surface area (Å²) in [6, 6.07) is 5.60. The normalized spacial score (nSPS) is 14.9. The second-order valence-electron chi connectivity index (χ2n) is 8.57. The number of carbonyl (C=O) groups is 1. The Morgan fingerprint density at radius 1 is 1.13 bits per heavy atom. The molecule has 0 unspecified atom stereocenters. The molecule has 3 aromatic rings. The molecule has 0 atom stereocenters. The SMILES string of the molecule is Cc1oc(N2CCN(C(=O)c3ccc(-c4nnc(C(C)(C)C)o4)c(Cl)c3)CC2)nc1N. The summed E-state index contributed by atoms with van der Waals surface area (Å²) in [6.45, 7) is 10.0. The molecule has 1 aliphatic rings. The first-order valence-corrected chi connectivity index (χ1v) is 10.4. The van der Waals surface area contributed by atoms with Crippen molar-refractivity contribution in [1.29, 1.82) is 0 Å². The Balaban J connectivity index is 1.45. The number of oxazole rings is 1. The molecule has 1 fully saturated rings. The highest BCUT2D eigenvalue weighted by molar-refractivity contribution is 6.33. The number of aromatic nitrogens is 3. The lowest BCUT2D eigenvalue weighted by atomic mass is 9.97. The van der Waals surface area contributed by atoms with Crippen molar-refractivity contribution in [1.82, 2.24) is 20.1 Å². The van der Waals surface area contributed by atoms with Gasteiger partial charge >= 0.3 is 0 Å². The number of piperazine rings is 1. The Hall–Kier alpha value is -3.07. The Morgan fingerprint density at radius 3 is 2.39 bits per heavy atom. The molecule has 0 saturated carbocycles. The number of carbonyl (C=O) groups excluding carboxylic acids is 1. The van der Waals surface area contributed by atoms with Gasteiger partial charge in [0.05, 0.1) is 10.6 Å². The summed E-state index contributed by atoms with van der Waals surface area (Å²) in [5.74, 6) is 1.76. The molecule has 4 rings (SSSR count). The molecule has 1 aliphatic heterocycles. The van der Waals surface area contributed by atoms with E-state index in [-0.39, 0.29) is 11.3 Å². The van der Waals surface area contributed by atoms with Crippen LogP contribution in [0.2, 0.25) is 5.02 Å². The summed E-state index contributed by atoms with van der Waals surface area (Å²) in [5.41, 5.74) is 6.62. The number of halogens is 1. The van der Waals surface area contributed by atoms with E-state index in [1.807, 2.05) is 25.7 Å². The number of nitrogens with two attached hydrogens (primary N) is 1. The number of hydrogen-bond donors (Lipinski definition) is 1. The van der Waals surface area contributed by atoms with E-state index in [1.165, 1.54) is 0 Å². The molecule has 31 heavy (non-hydrogen) atoms. The molecular formula is C21H25ClN6O3. The summed E-state index contributed by atoms with van der Waals surface area (Å²) in [7, 11) is 0. The van der Waals surface area contributed by atoms with Gasteiger partial charge in [-0.25, -0.2) is 0 Å². The number of hydrogen-bond acceptors (Lipinski definition) is 8. The number of aryl methyl sites for hydroxylation is 1. The average Bonchev–Trinajstić information content (AvgIpc) is 3.35. The molecule has 3 heterocycles. The van der Waals surface area contributed by atoms with E-state index in [0.29, 0.717) is 71.7 Å². The first-order valence-electron chi connectivity index (χ1n) is 10.0. The number of nitrogens with zero attached hydrogens (tertiary/aromatic N) is 5. The van der Waals surface area contributed by atoms with Crippen LogP contribution in [0.5, 0.6) is 0 Å². The zero-order valence-corrected chi connectivity index (χ0v) is 18.7. The van der Waals surface area contributed by atoms with E-state index in [2.05, 4.69) is 15.2 Å². The van der Waals surface area contributed by atoms with Gasteiger partial charge in [-0.2, -0.15) is 4.98 Å². The quantitative estimate of drug-likeness (QED) is 0.652. The number of rotatable bonds is 3. The third-order valence-corrected chi connectivity index (χ3v) is 5.48. The number of nitrogen functional groups attached to an aromatic ring is 1. The number of benzene rings is 1. The minimum Gasteiger partial charge on any atom is -0.427 e. The van der Waals surface area contributed by atoms with E-state index in [4.69, 9.17) is 26.2 Å². The summed E-state index contributed by atoms with van der Waals surface area (Å²) < 4.78 is 11.3. The van der Waals surface area contributed by atoms with Gasteiger partial charge in [0.15, 0.2) is 5.82 Å². The van der Waals surface area contributed by atoms with Crippen molar-refractivity contribution < 1.29 is 13.6 Å². The highest BCUT2D eigenvalue weighted by Gasteiger charge is 2.26. The Morgan fingerprint density at radius 2 is 1.84 bits per heavy atom. The van der Waals surface area contributed by atoms with Crippen molar-refractivity contribution in [2.75, 3.05) is 36.8 Å². The maximum atomic E-state index is 13.0. The van der Waals surface area contributed by atoms with Gasteiger partial charge in [-0.05, 0) is 25.1 Å². The van der Waals surface area contributed by atoms with Crippen LogP contribution < -0.4 is 10.6 Å². The molecule has 0 spiro atoms. The zero-order valence-electron chi connectivity index (χ0n) is 18.0. The van der Waals surface area contributed by atoms with Crippen molar-refractivity contribution >= 4 is 29.3 Å². The van der Waals surface area contributed by atoms with Crippen LogP contribution in [0.1, 0.15) is 42.8 Å². The molecule has 10 heteroatoms. The minimum absolute atomic E-state index is 0.0860. The van der Waals surface area contributed by atoms with Gasteiger partial charge < -0.3 is 24.4 Å². The first-order chi connectivity index (χ1) is 14.6. The van der Waals surface area contributed by atoms with Crippen molar-refractivity contribution in [3.05, 3.63) is 40.4 Å². The van der Waals surface area contributed by atoms with E-state index >= 15 is 0 Å². The van der Waals surface area contributed by atoms with Crippen LogP contribution in [0.3, 0.4) is 0 Å². The molecule has 2 aromatic heterocycles. The first kappa shape index (κ1) is 21.2. The summed E-state index contributed by atoms with van der Waals surface area (Å²) in [5, 5.41) is 8.58. The fourth-order valence-electron chi connectivity index (χ4n) is 3.27. The number of amides is 1. The van der Waals surface area contributed by atoms with Gasteiger partial charge in [-0.3, -0.25) is 4.79 Å². The fourth-order valence-corrected chi connectivity index (χ4v) is 3.53. The fraction of sp³-hybridized carbons (Fsp3) is 0.429. The third-order valence-electron chi connectivity index (χ3n) is 5.17. The highest BCUT2D eigenvalue weighted by atomic mass is 35.5. The van der Waals surface area contributed by atoms with E-state index in [0.717, 1.165) is 0 Å². The standard InChI is InChI=1S/C21H25ClN6O3/c1-12-16(23)24-20(30-12)28-9-7-27(8-10-28)18(29)13-5-6-14(15(22)11-13)17-25-26-19(31-17)21(2,3)4/h5-6,11H,7-10,23H2,1-4H3. The van der Waals surface area contributed by atoms with Crippen molar-refractivity contribution in [2.24, 2.45) is 0 Å². The molecule has 1 aromatic carbocycles. The topological polar surface area (TPSA) is 115 Å². The second-order valence-corrected chi connectivity index (χ2v) is 8.98. The Labute approximate surface area is 185 Å². The molecule has 0 radical (unpaired) electrons. The van der Waals surface area contributed by atoms with Gasteiger partial charge in [0.1, 0.15) is 5.76 Å². The van der Waals surface area contributed by atoms with Crippen LogP contribution in [0.4, 0.5) is 11.8 Å². The van der Waals surface area contributed by atoms with Crippen molar-refractivity contribution in [2.45, 2.75) is 33.1 Å². The van der Waals surface area contributed by atoms with E-state index < -0.39 is 0 Å². The Bertz CT molecular complexity index is 1090. The highest BCUT2D eigenvalue weighted by Crippen LogP contribution is 2.31. The monoisotopic (exact) mass is 444 g/mol. The van der Waals surface area contributed by atoms with Crippen LogP contribution in [0, 0.1) is 6.92 Å². The molecule has 2 N–H and O–H groups in total. The van der Waals surface area contributed by atoms with Crippen LogP contribution in [0.25, 0.3) is 11.5 Å². The zero-order chi connectivity index (χ0) is 22.3. The predicted molar refractivity (Wildman–Crippen MR) is 117 cm³/mol. The molecule has 0 bridgehead atoms. The van der Waals surface area contributed by atoms with E-state index in [1.54, 1.807) is 30.0 Å². The lowest BCUT2D eigenvalue weighted by molar-refractivity contribution is 0.0745.